The smallest absolute Gasteiger partial charge is 0.313 e. The summed E-state index contributed by atoms with van der Waals surface area (Å²) in [6, 6.07) is 6.07. The summed E-state index contributed by atoms with van der Waals surface area (Å²) in [6.45, 7) is 6.81. The molecular weight excluding hydrogens is 250 g/mol. The summed E-state index contributed by atoms with van der Waals surface area (Å²) < 4.78 is 5.09. The first-order chi connectivity index (χ1) is 8.10. The van der Waals surface area contributed by atoms with Crippen molar-refractivity contribution in [2.75, 3.05) is 13.2 Å². The molecule has 0 aliphatic rings. The highest BCUT2D eigenvalue weighted by molar-refractivity contribution is 5.85. The molecule has 4 heteroatoms. The molecule has 102 valence electrons. The van der Waals surface area contributed by atoms with Crippen LogP contribution in [0.5, 0.6) is 0 Å². The number of carbonyl (C=O) groups is 1. The van der Waals surface area contributed by atoms with E-state index in [1.165, 1.54) is 11.1 Å². The Morgan fingerprint density at radius 1 is 1.33 bits per heavy atom. The van der Waals surface area contributed by atoms with Crippen LogP contribution in [0.1, 0.15) is 36.0 Å². The number of carbonyl (C=O) groups excluding carboxylic acids is 1. The Labute approximate surface area is 115 Å². The van der Waals surface area contributed by atoms with Gasteiger partial charge in [-0.1, -0.05) is 18.2 Å². The maximum absolute atomic E-state index is 11.9. The number of benzene rings is 1. The van der Waals surface area contributed by atoms with Crippen LogP contribution in [-0.4, -0.2) is 19.1 Å². The van der Waals surface area contributed by atoms with Crippen LogP contribution in [-0.2, 0) is 9.53 Å². The zero-order chi connectivity index (χ0) is 12.8. The zero-order valence-electron chi connectivity index (χ0n) is 11.2. The van der Waals surface area contributed by atoms with Crippen molar-refractivity contribution in [3.8, 4) is 0 Å². The molecule has 0 saturated heterocycles. The van der Waals surface area contributed by atoms with Crippen molar-refractivity contribution in [3.05, 3.63) is 34.9 Å². The lowest BCUT2D eigenvalue weighted by Gasteiger charge is -2.16. The van der Waals surface area contributed by atoms with Crippen LogP contribution in [0, 0.1) is 13.8 Å². The van der Waals surface area contributed by atoms with Gasteiger partial charge in [0, 0.05) is 0 Å². The van der Waals surface area contributed by atoms with Crippen LogP contribution in [0.2, 0.25) is 0 Å². The van der Waals surface area contributed by atoms with E-state index >= 15 is 0 Å². The Kier molecular flexibility index (Phi) is 7.64. The molecule has 1 unspecified atom stereocenters. The molecule has 1 rings (SSSR count). The summed E-state index contributed by atoms with van der Waals surface area (Å²) in [5.74, 6) is -0.416. The van der Waals surface area contributed by atoms with E-state index in [-0.39, 0.29) is 24.3 Å². The fraction of sp³-hybridized carbons (Fsp3) is 0.500. The normalized spacial score (nSPS) is 11.6. The van der Waals surface area contributed by atoms with Gasteiger partial charge in [-0.25, -0.2) is 0 Å². The third-order valence-electron chi connectivity index (χ3n) is 2.96. The van der Waals surface area contributed by atoms with Crippen LogP contribution >= 0.6 is 12.4 Å². The predicted molar refractivity (Wildman–Crippen MR) is 76.2 cm³/mol. The fourth-order valence-corrected chi connectivity index (χ4v) is 1.81. The van der Waals surface area contributed by atoms with Crippen molar-refractivity contribution < 1.29 is 9.53 Å². The molecule has 0 aromatic heterocycles. The zero-order valence-corrected chi connectivity index (χ0v) is 12.0. The Balaban J connectivity index is 0.00000289. The van der Waals surface area contributed by atoms with E-state index in [2.05, 4.69) is 6.92 Å². The standard InChI is InChI=1S/C14H21NO2.ClH/c1-4-17-14(16)13(7-8-15)12-6-5-10(2)11(3)9-12;/h5-6,9,13H,4,7-8,15H2,1-3H3;1H. The molecular formula is C14H22ClNO2. The minimum absolute atomic E-state index is 0. The van der Waals surface area contributed by atoms with Gasteiger partial charge in [-0.05, 0) is 50.4 Å². The summed E-state index contributed by atoms with van der Waals surface area (Å²) in [5, 5.41) is 0. The van der Waals surface area contributed by atoms with E-state index in [0.717, 1.165) is 5.56 Å². The van der Waals surface area contributed by atoms with Crippen LogP contribution in [0.15, 0.2) is 18.2 Å². The van der Waals surface area contributed by atoms with Crippen LogP contribution < -0.4 is 5.73 Å². The molecule has 0 spiro atoms. The van der Waals surface area contributed by atoms with Crippen LogP contribution in [0.25, 0.3) is 0 Å². The molecule has 0 saturated carbocycles. The lowest BCUT2D eigenvalue weighted by atomic mass is 9.93. The van der Waals surface area contributed by atoms with Crippen molar-refractivity contribution in [1.82, 2.24) is 0 Å². The molecule has 0 aliphatic carbocycles. The minimum atomic E-state index is -0.237. The summed E-state index contributed by atoms with van der Waals surface area (Å²) >= 11 is 0. The molecule has 0 heterocycles. The number of nitrogens with two attached hydrogens (primary N) is 1. The second-order valence-corrected chi connectivity index (χ2v) is 4.23. The maximum atomic E-state index is 11.9. The van der Waals surface area contributed by atoms with E-state index in [1.807, 2.05) is 32.0 Å². The third kappa shape index (κ3) is 4.31. The van der Waals surface area contributed by atoms with E-state index in [0.29, 0.717) is 19.6 Å². The average Bonchev–Trinajstić information content (AvgIpc) is 2.30. The van der Waals surface area contributed by atoms with Gasteiger partial charge in [0.05, 0.1) is 12.5 Å². The van der Waals surface area contributed by atoms with Crippen LogP contribution in [0.4, 0.5) is 0 Å². The average molecular weight is 272 g/mol. The molecule has 0 bridgehead atoms. The molecule has 0 fully saturated rings. The molecule has 3 nitrogen and oxygen atoms in total. The van der Waals surface area contributed by atoms with Crippen molar-refractivity contribution in [2.45, 2.75) is 33.1 Å². The Bertz CT molecular complexity index is 393. The molecule has 18 heavy (non-hydrogen) atoms. The third-order valence-corrected chi connectivity index (χ3v) is 2.96. The number of hydrogen-bond acceptors (Lipinski definition) is 3. The van der Waals surface area contributed by atoms with E-state index in [9.17, 15) is 4.79 Å². The van der Waals surface area contributed by atoms with Crippen molar-refractivity contribution in [3.63, 3.8) is 0 Å². The SMILES string of the molecule is CCOC(=O)C(CCN)c1ccc(C)c(C)c1.Cl. The van der Waals surface area contributed by atoms with Gasteiger partial charge in [-0.2, -0.15) is 0 Å². The molecule has 2 N–H and O–H groups in total. The van der Waals surface area contributed by atoms with Gasteiger partial charge in [0.15, 0.2) is 0 Å². The van der Waals surface area contributed by atoms with Gasteiger partial charge in [-0.3, -0.25) is 4.79 Å². The summed E-state index contributed by atoms with van der Waals surface area (Å²) in [4.78, 5) is 11.9. The van der Waals surface area contributed by atoms with Gasteiger partial charge < -0.3 is 10.5 Å². The van der Waals surface area contributed by atoms with E-state index in [4.69, 9.17) is 10.5 Å². The molecule has 0 amide bonds. The van der Waals surface area contributed by atoms with Crippen molar-refractivity contribution in [2.24, 2.45) is 5.73 Å². The van der Waals surface area contributed by atoms with Gasteiger partial charge in [0.1, 0.15) is 0 Å². The van der Waals surface area contributed by atoms with Crippen molar-refractivity contribution in [1.29, 1.82) is 0 Å². The summed E-state index contributed by atoms with van der Waals surface area (Å²) in [7, 11) is 0. The lowest BCUT2D eigenvalue weighted by molar-refractivity contribution is -0.145. The molecule has 1 atom stereocenters. The van der Waals surface area contributed by atoms with E-state index in [1.54, 1.807) is 0 Å². The lowest BCUT2D eigenvalue weighted by Crippen LogP contribution is -2.19. The maximum Gasteiger partial charge on any atom is 0.313 e. The second-order valence-electron chi connectivity index (χ2n) is 4.23. The minimum Gasteiger partial charge on any atom is -0.466 e. The van der Waals surface area contributed by atoms with Crippen LogP contribution in [0.3, 0.4) is 0 Å². The predicted octanol–water partition coefficient (Wildman–Crippen LogP) is 2.72. The largest absolute Gasteiger partial charge is 0.466 e. The number of aryl methyl sites for hydroxylation is 2. The molecule has 0 aliphatic heterocycles. The summed E-state index contributed by atoms with van der Waals surface area (Å²) in [5.41, 5.74) is 8.97. The van der Waals surface area contributed by atoms with E-state index < -0.39 is 0 Å². The number of hydrogen-bond donors (Lipinski definition) is 1. The monoisotopic (exact) mass is 271 g/mol. The highest BCUT2D eigenvalue weighted by Crippen LogP contribution is 2.23. The highest BCUT2D eigenvalue weighted by atomic mass is 35.5. The van der Waals surface area contributed by atoms with Gasteiger partial charge in [0.2, 0.25) is 0 Å². The molecule has 0 radical (unpaired) electrons. The number of ether oxygens (including phenoxy) is 1. The quantitative estimate of drug-likeness (QED) is 0.838. The Hall–Kier alpha value is -1.06. The van der Waals surface area contributed by atoms with Gasteiger partial charge >= 0.3 is 5.97 Å². The Morgan fingerprint density at radius 3 is 2.50 bits per heavy atom. The highest BCUT2D eigenvalue weighted by Gasteiger charge is 2.21. The fourth-order valence-electron chi connectivity index (χ4n) is 1.81. The molecule has 1 aromatic carbocycles. The first kappa shape index (κ1) is 16.9. The Morgan fingerprint density at radius 2 is 2.00 bits per heavy atom. The number of esters is 1. The first-order valence-electron chi connectivity index (χ1n) is 6.04. The van der Waals surface area contributed by atoms with Gasteiger partial charge in [-0.15, -0.1) is 12.4 Å². The second kappa shape index (κ2) is 8.11. The topological polar surface area (TPSA) is 52.3 Å². The first-order valence-corrected chi connectivity index (χ1v) is 6.04. The number of halogens is 1. The summed E-state index contributed by atoms with van der Waals surface area (Å²) in [6.07, 6.45) is 0.626. The number of rotatable bonds is 5. The molecule has 1 aromatic rings. The van der Waals surface area contributed by atoms with Gasteiger partial charge in [0.25, 0.3) is 0 Å². The van der Waals surface area contributed by atoms with Crippen molar-refractivity contribution >= 4 is 18.4 Å².